The first-order chi connectivity index (χ1) is 9.47. The molecule has 0 fully saturated rings. The fraction of sp³-hybridized carbons (Fsp3) is 0.0714. The highest BCUT2D eigenvalue weighted by molar-refractivity contribution is 9.10. The molecule has 2 rings (SSSR count). The van der Waals surface area contributed by atoms with Crippen LogP contribution in [-0.2, 0) is 11.2 Å². The van der Waals surface area contributed by atoms with Gasteiger partial charge in [0.2, 0.25) is 5.91 Å². The summed E-state index contributed by atoms with van der Waals surface area (Å²) < 4.78 is 40.0. The predicted molar refractivity (Wildman–Crippen MR) is 72.8 cm³/mol. The Bertz CT molecular complexity index is 661. The molecular weight excluding hydrogens is 335 g/mol. The molecule has 0 saturated heterocycles. The molecule has 2 aromatic carbocycles. The highest BCUT2D eigenvalue weighted by atomic mass is 79.9. The number of benzene rings is 2. The summed E-state index contributed by atoms with van der Waals surface area (Å²) in [5.74, 6) is -4.83. The third-order valence-electron chi connectivity index (χ3n) is 2.56. The molecule has 0 saturated carbocycles. The van der Waals surface area contributed by atoms with Crippen molar-refractivity contribution in [3.63, 3.8) is 0 Å². The normalized spacial score (nSPS) is 10.4. The van der Waals surface area contributed by atoms with E-state index >= 15 is 0 Å². The maximum atomic E-state index is 13.4. The predicted octanol–water partition coefficient (Wildman–Crippen LogP) is 4.05. The summed E-state index contributed by atoms with van der Waals surface area (Å²) in [5.41, 5.74) is 0.323. The number of anilines is 1. The summed E-state index contributed by atoms with van der Waals surface area (Å²) in [6.07, 6.45) is -0.00211. The third kappa shape index (κ3) is 3.39. The van der Waals surface area contributed by atoms with E-state index in [-0.39, 0.29) is 12.1 Å². The lowest BCUT2D eigenvalue weighted by Gasteiger charge is -2.07. The van der Waals surface area contributed by atoms with Gasteiger partial charge in [-0.3, -0.25) is 4.79 Å². The van der Waals surface area contributed by atoms with Crippen LogP contribution in [0.1, 0.15) is 5.56 Å². The lowest BCUT2D eigenvalue weighted by atomic mass is 10.1. The molecule has 1 N–H and O–H groups in total. The Balaban J connectivity index is 2.11. The largest absolute Gasteiger partial charge is 0.323 e. The van der Waals surface area contributed by atoms with Crippen molar-refractivity contribution in [3.05, 3.63) is 63.9 Å². The Morgan fingerprint density at radius 3 is 2.55 bits per heavy atom. The molecule has 0 radical (unpaired) electrons. The topological polar surface area (TPSA) is 29.1 Å². The van der Waals surface area contributed by atoms with Crippen molar-refractivity contribution in [1.29, 1.82) is 0 Å². The molecule has 20 heavy (non-hydrogen) atoms. The van der Waals surface area contributed by atoms with Gasteiger partial charge in [-0.15, -0.1) is 0 Å². The summed E-state index contributed by atoms with van der Waals surface area (Å²) in [4.78, 5) is 11.7. The van der Waals surface area contributed by atoms with Crippen molar-refractivity contribution in [2.45, 2.75) is 6.42 Å². The molecule has 0 spiro atoms. The SMILES string of the molecule is O=C(Cc1cccc(Br)c1)Nc1ccc(F)c(F)c1F. The standard InChI is InChI=1S/C14H9BrF3NO/c15-9-3-1-2-8(6-9)7-12(20)19-11-5-4-10(16)13(17)14(11)18/h1-6H,7H2,(H,19,20). The maximum absolute atomic E-state index is 13.4. The van der Waals surface area contributed by atoms with Gasteiger partial charge in [-0.05, 0) is 29.8 Å². The van der Waals surface area contributed by atoms with Gasteiger partial charge in [0.1, 0.15) is 0 Å². The second kappa shape index (κ2) is 6.09. The molecule has 0 heterocycles. The Kier molecular flexibility index (Phi) is 4.44. The zero-order chi connectivity index (χ0) is 14.7. The molecule has 104 valence electrons. The summed E-state index contributed by atoms with van der Waals surface area (Å²) >= 11 is 3.27. The molecule has 0 atom stereocenters. The number of rotatable bonds is 3. The van der Waals surface area contributed by atoms with E-state index in [2.05, 4.69) is 21.2 Å². The van der Waals surface area contributed by atoms with Gasteiger partial charge in [0.05, 0.1) is 12.1 Å². The van der Waals surface area contributed by atoms with Crippen molar-refractivity contribution in [2.24, 2.45) is 0 Å². The van der Waals surface area contributed by atoms with Crippen LogP contribution in [-0.4, -0.2) is 5.91 Å². The summed E-state index contributed by atoms with van der Waals surface area (Å²) in [5, 5.41) is 2.21. The van der Waals surface area contributed by atoms with Crippen molar-refractivity contribution in [1.82, 2.24) is 0 Å². The highest BCUT2D eigenvalue weighted by Crippen LogP contribution is 2.20. The minimum absolute atomic E-state index is 0.00211. The Morgan fingerprint density at radius 1 is 1.10 bits per heavy atom. The van der Waals surface area contributed by atoms with E-state index in [9.17, 15) is 18.0 Å². The number of nitrogens with one attached hydrogen (secondary N) is 1. The first kappa shape index (κ1) is 14.6. The van der Waals surface area contributed by atoms with Crippen molar-refractivity contribution in [2.75, 3.05) is 5.32 Å². The molecule has 2 nitrogen and oxygen atoms in total. The van der Waals surface area contributed by atoms with E-state index in [1.165, 1.54) is 0 Å². The van der Waals surface area contributed by atoms with Gasteiger partial charge >= 0.3 is 0 Å². The maximum Gasteiger partial charge on any atom is 0.228 e. The Labute approximate surface area is 121 Å². The van der Waals surface area contributed by atoms with E-state index in [0.29, 0.717) is 5.56 Å². The van der Waals surface area contributed by atoms with Crippen LogP contribution in [0.25, 0.3) is 0 Å². The first-order valence-corrected chi connectivity index (χ1v) is 6.44. The lowest BCUT2D eigenvalue weighted by molar-refractivity contribution is -0.115. The van der Waals surface area contributed by atoms with Crippen LogP contribution in [0.15, 0.2) is 40.9 Å². The average molecular weight is 344 g/mol. The summed E-state index contributed by atoms with van der Waals surface area (Å²) in [6.45, 7) is 0. The number of hydrogen-bond acceptors (Lipinski definition) is 1. The number of amides is 1. The van der Waals surface area contributed by atoms with Gasteiger partial charge < -0.3 is 5.32 Å². The van der Waals surface area contributed by atoms with Crippen LogP contribution >= 0.6 is 15.9 Å². The molecule has 0 bridgehead atoms. The van der Waals surface area contributed by atoms with Crippen LogP contribution in [0.2, 0.25) is 0 Å². The van der Waals surface area contributed by atoms with E-state index < -0.39 is 23.4 Å². The number of halogens is 4. The molecular formula is C14H9BrF3NO. The van der Waals surface area contributed by atoms with Crippen LogP contribution < -0.4 is 5.32 Å². The zero-order valence-corrected chi connectivity index (χ0v) is 11.7. The number of hydrogen-bond donors (Lipinski definition) is 1. The van der Waals surface area contributed by atoms with E-state index in [1.807, 2.05) is 0 Å². The van der Waals surface area contributed by atoms with Gasteiger partial charge in [-0.1, -0.05) is 28.1 Å². The molecule has 0 aliphatic heterocycles. The molecule has 6 heteroatoms. The molecule has 0 aromatic heterocycles. The molecule has 1 amide bonds. The first-order valence-electron chi connectivity index (χ1n) is 5.65. The quantitative estimate of drug-likeness (QED) is 0.837. The van der Waals surface area contributed by atoms with Crippen LogP contribution in [0.3, 0.4) is 0 Å². The van der Waals surface area contributed by atoms with Crippen LogP contribution in [0, 0.1) is 17.5 Å². The van der Waals surface area contributed by atoms with Gasteiger partial charge in [-0.25, -0.2) is 13.2 Å². The molecule has 0 unspecified atom stereocenters. The van der Waals surface area contributed by atoms with E-state index in [1.54, 1.807) is 24.3 Å². The second-order valence-corrected chi connectivity index (χ2v) is 4.99. The zero-order valence-electron chi connectivity index (χ0n) is 10.1. The summed E-state index contributed by atoms with van der Waals surface area (Å²) in [6, 6.07) is 8.76. The number of carbonyl (C=O) groups excluding carboxylic acids is 1. The van der Waals surface area contributed by atoms with E-state index in [0.717, 1.165) is 16.6 Å². The fourth-order valence-corrected chi connectivity index (χ4v) is 2.10. The van der Waals surface area contributed by atoms with Crippen molar-refractivity contribution in [3.8, 4) is 0 Å². The third-order valence-corrected chi connectivity index (χ3v) is 3.06. The van der Waals surface area contributed by atoms with Crippen molar-refractivity contribution >= 4 is 27.5 Å². The molecule has 0 aliphatic rings. The van der Waals surface area contributed by atoms with Crippen LogP contribution in [0.5, 0.6) is 0 Å². The fourth-order valence-electron chi connectivity index (χ4n) is 1.65. The summed E-state index contributed by atoms with van der Waals surface area (Å²) in [7, 11) is 0. The minimum atomic E-state index is -1.61. The van der Waals surface area contributed by atoms with E-state index in [4.69, 9.17) is 0 Å². The average Bonchev–Trinajstić information content (AvgIpc) is 2.39. The van der Waals surface area contributed by atoms with Crippen molar-refractivity contribution < 1.29 is 18.0 Å². The van der Waals surface area contributed by atoms with Gasteiger partial charge in [0.25, 0.3) is 0 Å². The second-order valence-electron chi connectivity index (χ2n) is 4.08. The highest BCUT2D eigenvalue weighted by Gasteiger charge is 2.15. The minimum Gasteiger partial charge on any atom is -0.323 e. The Hall–Kier alpha value is -1.82. The lowest BCUT2D eigenvalue weighted by Crippen LogP contribution is -2.16. The van der Waals surface area contributed by atoms with Gasteiger partial charge in [0.15, 0.2) is 17.5 Å². The Morgan fingerprint density at radius 2 is 1.85 bits per heavy atom. The smallest absolute Gasteiger partial charge is 0.228 e. The van der Waals surface area contributed by atoms with Crippen LogP contribution in [0.4, 0.5) is 18.9 Å². The molecule has 2 aromatic rings. The van der Waals surface area contributed by atoms with Gasteiger partial charge in [0, 0.05) is 4.47 Å². The molecule has 0 aliphatic carbocycles. The monoisotopic (exact) mass is 343 g/mol. The van der Waals surface area contributed by atoms with Gasteiger partial charge in [-0.2, -0.15) is 0 Å². The number of carbonyl (C=O) groups is 1.